The van der Waals surface area contributed by atoms with Crippen LogP contribution in [0.25, 0.3) is 0 Å². The lowest BCUT2D eigenvalue weighted by Gasteiger charge is -2.31. The molecule has 1 atom stereocenters. The van der Waals surface area contributed by atoms with Crippen LogP contribution in [0.4, 0.5) is 0 Å². The molecule has 130 valence electrons. The molecule has 0 unspecified atom stereocenters. The SMILES string of the molecule is CC(C)Oc1ccc(S(=O)(=O)N2CCC[C@H](c3ncc[nH]3)C2)cc1. The van der Waals surface area contributed by atoms with Crippen molar-refractivity contribution in [2.24, 2.45) is 0 Å². The molecule has 0 radical (unpaired) electrons. The molecule has 1 aliphatic rings. The highest BCUT2D eigenvalue weighted by molar-refractivity contribution is 7.89. The standard InChI is InChI=1S/C17H23N3O3S/c1-13(2)23-15-5-7-16(8-6-15)24(21,22)20-11-3-4-14(12-20)17-18-9-10-19-17/h5-10,13-14H,3-4,11-12H2,1-2H3,(H,18,19)/t14-/m0/s1. The molecule has 1 aromatic heterocycles. The van der Waals surface area contributed by atoms with Crippen molar-refractivity contribution < 1.29 is 13.2 Å². The van der Waals surface area contributed by atoms with Gasteiger partial charge in [-0.05, 0) is 51.0 Å². The zero-order chi connectivity index (χ0) is 17.2. The molecule has 1 N–H and O–H groups in total. The molecule has 1 saturated heterocycles. The van der Waals surface area contributed by atoms with E-state index in [1.54, 1.807) is 41.0 Å². The van der Waals surface area contributed by atoms with Crippen molar-refractivity contribution in [3.05, 3.63) is 42.5 Å². The van der Waals surface area contributed by atoms with Crippen LogP contribution in [0.1, 0.15) is 38.4 Å². The minimum atomic E-state index is -3.50. The smallest absolute Gasteiger partial charge is 0.243 e. The number of benzene rings is 1. The molecule has 1 aliphatic heterocycles. The first-order valence-corrected chi connectivity index (χ1v) is 9.67. The predicted molar refractivity (Wildman–Crippen MR) is 91.5 cm³/mol. The summed E-state index contributed by atoms with van der Waals surface area (Å²) in [5.74, 6) is 1.65. The third-order valence-corrected chi connectivity index (χ3v) is 6.00. The molecular weight excluding hydrogens is 326 g/mol. The van der Waals surface area contributed by atoms with Crippen molar-refractivity contribution >= 4 is 10.0 Å². The summed E-state index contributed by atoms with van der Waals surface area (Å²) in [5, 5.41) is 0. The fourth-order valence-electron chi connectivity index (χ4n) is 3.00. The van der Waals surface area contributed by atoms with Crippen molar-refractivity contribution in [3.63, 3.8) is 0 Å². The maximum atomic E-state index is 12.9. The number of H-pyrrole nitrogens is 1. The van der Waals surface area contributed by atoms with Crippen molar-refractivity contribution in [3.8, 4) is 5.75 Å². The molecule has 2 aromatic rings. The number of hydrogen-bond donors (Lipinski definition) is 1. The largest absolute Gasteiger partial charge is 0.491 e. The molecule has 2 heterocycles. The van der Waals surface area contributed by atoms with E-state index in [0.29, 0.717) is 23.7 Å². The number of nitrogens with one attached hydrogen (secondary N) is 1. The second-order valence-electron chi connectivity index (χ2n) is 6.31. The average Bonchev–Trinajstić information content (AvgIpc) is 3.09. The van der Waals surface area contributed by atoms with Gasteiger partial charge in [0, 0.05) is 31.4 Å². The highest BCUT2D eigenvalue weighted by Crippen LogP contribution is 2.29. The van der Waals surface area contributed by atoms with Gasteiger partial charge in [-0.3, -0.25) is 0 Å². The monoisotopic (exact) mass is 349 g/mol. The van der Waals surface area contributed by atoms with Crippen LogP contribution in [-0.2, 0) is 10.0 Å². The molecule has 0 spiro atoms. The van der Waals surface area contributed by atoms with E-state index < -0.39 is 10.0 Å². The second kappa shape index (κ2) is 6.94. The van der Waals surface area contributed by atoms with Gasteiger partial charge in [-0.1, -0.05) is 0 Å². The molecule has 6 nitrogen and oxygen atoms in total. The van der Waals surface area contributed by atoms with Crippen LogP contribution in [0.5, 0.6) is 5.75 Å². The van der Waals surface area contributed by atoms with Gasteiger partial charge in [0.1, 0.15) is 11.6 Å². The Morgan fingerprint density at radius 2 is 2.04 bits per heavy atom. The van der Waals surface area contributed by atoms with Crippen LogP contribution < -0.4 is 4.74 Å². The van der Waals surface area contributed by atoms with Crippen molar-refractivity contribution in [2.45, 2.75) is 43.6 Å². The topological polar surface area (TPSA) is 75.3 Å². The van der Waals surface area contributed by atoms with Gasteiger partial charge in [-0.2, -0.15) is 4.31 Å². The Hall–Kier alpha value is -1.86. The summed E-state index contributed by atoms with van der Waals surface area (Å²) in [4.78, 5) is 7.67. The van der Waals surface area contributed by atoms with Gasteiger partial charge in [0.15, 0.2) is 0 Å². The van der Waals surface area contributed by atoms with E-state index in [1.807, 2.05) is 13.8 Å². The predicted octanol–water partition coefficient (Wildman–Crippen LogP) is 2.77. The van der Waals surface area contributed by atoms with E-state index in [0.717, 1.165) is 18.7 Å². The van der Waals surface area contributed by atoms with Gasteiger partial charge in [0.2, 0.25) is 10.0 Å². The summed E-state index contributed by atoms with van der Waals surface area (Å²) < 4.78 is 32.9. The number of piperidine rings is 1. The van der Waals surface area contributed by atoms with Crippen molar-refractivity contribution in [2.75, 3.05) is 13.1 Å². The summed E-state index contributed by atoms with van der Waals surface area (Å²) in [7, 11) is -3.50. The van der Waals surface area contributed by atoms with Gasteiger partial charge in [0.05, 0.1) is 11.0 Å². The van der Waals surface area contributed by atoms with Crippen LogP contribution in [-0.4, -0.2) is 41.9 Å². The first-order chi connectivity index (χ1) is 11.5. The Morgan fingerprint density at radius 3 is 2.67 bits per heavy atom. The number of imidazole rings is 1. The van der Waals surface area contributed by atoms with Gasteiger partial charge in [-0.15, -0.1) is 0 Å². The molecule has 3 rings (SSSR count). The van der Waals surface area contributed by atoms with E-state index in [9.17, 15) is 8.42 Å². The lowest BCUT2D eigenvalue weighted by Crippen LogP contribution is -2.39. The minimum Gasteiger partial charge on any atom is -0.491 e. The number of aromatic amines is 1. The fourth-order valence-corrected chi connectivity index (χ4v) is 4.52. The number of nitrogens with zero attached hydrogens (tertiary/aromatic N) is 2. The number of sulfonamides is 1. The molecule has 24 heavy (non-hydrogen) atoms. The molecule has 0 bridgehead atoms. The van der Waals surface area contributed by atoms with Crippen LogP contribution in [0.3, 0.4) is 0 Å². The summed E-state index contributed by atoms with van der Waals surface area (Å²) in [6.45, 7) is 4.88. The number of aromatic nitrogens is 2. The van der Waals surface area contributed by atoms with E-state index in [1.165, 1.54) is 0 Å². The average molecular weight is 349 g/mol. The summed E-state index contributed by atoms with van der Waals surface area (Å²) in [6.07, 6.45) is 5.32. The van der Waals surface area contributed by atoms with E-state index in [-0.39, 0.29) is 12.0 Å². The van der Waals surface area contributed by atoms with E-state index in [4.69, 9.17) is 4.74 Å². The molecule has 0 saturated carbocycles. The van der Waals surface area contributed by atoms with Gasteiger partial charge >= 0.3 is 0 Å². The van der Waals surface area contributed by atoms with Crippen molar-refractivity contribution in [1.29, 1.82) is 0 Å². The van der Waals surface area contributed by atoms with Gasteiger partial charge in [0.25, 0.3) is 0 Å². The zero-order valence-electron chi connectivity index (χ0n) is 14.0. The minimum absolute atomic E-state index is 0.0589. The van der Waals surface area contributed by atoms with Crippen molar-refractivity contribution in [1.82, 2.24) is 14.3 Å². The first kappa shape index (κ1) is 17.0. The lowest BCUT2D eigenvalue weighted by atomic mass is 9.99. The fraction of sp³-hybridized carbons (Fsp3) is 0.471. The maximum absolute atomic E-state index is 12.9. The summed E-state index contributed by atoms with van der Waals surface area (Å²) in [5.41, 5.74) is 0. The Kier molecular flexibility index (Phi) is 4.91. The van der Waals surface area contributed by atoms with Gasteiger partial charge < -0.3 is 9.72 Å². The Bertz CT molecular complexity index is 755. The molecule has 7 heteroatoms. The summed E-state index contributed by atoms with van der Waals surface area (Å²) >= 11 is 0. The highest BCUT2D eigenvalue weighted by atomic mass is 32.2. The molecule has 1 fully saturated rings. The number of hydrogen-bond acceptors (Lipinski definition) is 4. The van der Waals surface area contributed by atoms with E-state index in [2.05, 4.69) is 9.97 Å². The Morgan fingerprint density at radius 1 is 1.29 bits per heavy atom. The summed E-state index contributed by atoms with van der Waals surface area (Å²) in [6, 6.07) is 6.65. The Balaban J connectivity index is 1.77. The molecular formula is C17H23N3O3S. The third kappa shape index (κ3) is 3.62. The molecule has 0 amide bonds. The van der Waals surface area contributed by atoms with Gasteiger partial charge in [-0.25, -0.2) is 13.4 Å². The lowest BCUT2D eigenvalue weighted by molar-refractivity contribution is 0.242. The third-order valence-electron chi connectivity index (χ3n) is 4.12. The van der Waals surface area contributed by atoms with Crippen LogP contribution in [0.2, 0.25) is 0 Å². The quantitative estimate of drug-likeness (QED) is 0.900. The van der Waals surface area contributed by atoms with E-state index >= 15 is 0 Å². The maximum Gasteiger partial charge on any atom is 0.243 e. The molecule has 0 aliphatic carbocycles. The number of ether oxygens (including phenoxy) is 1. The normalized spacial score (nSPS) is 19.5. The first-order valence-electron chi connectivity index (χ1n) is 8.23. The van der Waals surface area contributed by atoms with Crippen LogP contribution >= 0.6 is 0 Å². The number of rotatable bonds is 5. The van der Waals surface area contributed by atoms with Crippen LogP contribution in [0, 0.1) is 0 Å². The Labute approximate surface area is 142 Å². The zero-order valence-corrected chi connectivity index (χ0v) is 14.8. The second-order valence-corrected chi connectivity index (χ2v) is 8.25. The van der Waals surface area contributed by atoms with Crippen LogP contribution in [0.15, 0.2) is 41.6 Å². The highest BCUT2D eigenvalue weighted by Gasteiger charge is 2.31. The molecule has 1 aromatic carbocycles.